The first-order chi connectivity index (χ1) is 5.04. The predicted molar refractivity (Wildman–Crippen MR) is 38.4 cm³/mol. The van der Waals surface area contributed by atoms with Crippen molar-refractivity contribution in [3.63, 3.8) is 0 Å². The maximum absolute atomic E-state index is 11.1. The third-order valence-corrected chi connectivity index (χ3v) is 2.97. The van der Waals surface area contributed by atoms with E-state index in [1.165, 1.54) is 14.2 Å². The Morgan fingerprint density at radius 3 is 2.18 bits per heavy atom. The summed E-state index contributed by atoms with van der Waals surface area (Å²) in [7, 11) is -0.779. The molecule has 0 rings (SSSR count). The number of rotatable bonds is 5. The molecule has 0 saturated heterocycles. The minimum absolute atomic E-state index is 0.188. The molecule has 0 radical (unpaired) electrons. The maximum Gasteiger partial charge on any atom is 0.336 e. The predicted octanol–water partition coefficient (Wildman–Crippen LogP) is 0.749. The van der Waals surface area contributed by atoms with E-state index in [0.717, 1.165) is 0 Å². The van der Waals surface area contributed by atoms with Gasteiger partial charge in [0.25, 0.3) is 0 Å². The van der Waals surface area contributed by atoms with E-state index in [1.54, 1.807) is 0 Å². The Balaban J connectivity index is 3.89. The zero-order valence-corrected chi connectivity index (χ0v) is 7.24. The summed E-state index contributed by atoms with van der Waals surface area (Å²) >= 11 is 0. The van der Waals surface area contributed by atoms with Crippen molar-refractivity contribution < 1.29 is 18.5 Å². The van der Waals surface area contributed by atoms with Gasteiger partial charge in [-0.25, -0.2) is 0 Å². The van der Waals surface area contributed by atoms with Crippen LogP contribution in [0.15, 0.2) is 0 Å². The van der Waals surface area contributed by atoms with Gasteiger partial charge < -0.3 is 9.05 Å². The molecule has 0 aromatic rings. The lowest BCUT2D eigenvalue weighted by molar-refractivity contribution is -0.475. The highest BCUT2D eigenvalue weighted by molar-refractivity contribution is 7.53. The molecule has 7 heteroatoms. The molecule has 0 spiro atoms. The highest BCUT2D eigenvalue weighted by Crippen LogP contribution is 2.45. The van der Waals surface area contributed by atoms with Crippen LogP contribution in [0.1, 0.15) is 0 Å². The Labute approximate surface area is 64.2 Å². The third-order valence-electron chi connectivity index (χ3n) is 1.11. The number of hydrogen-bond donors (Lipinski definition) is 0. The molecule has 0 unspecified atom stereocenters. The van der Waals surface area contributed by atoms with Crippen molar-refractivity contribution in [2.24, 2.45) is 0 Å². The molecule has 0 aromatic carbocycles. The third kappa shape index (κ3) is 4.08. The Morgan fingerprint density at radius 1 is 1.45 bits per heavy atom. The molecular formula is C4H10NO5P. The zero-order chi connectivity index (χ0) is 8.91. The van der Waals surface area contributed by atoms with Crippen molar-refractivity contribution in [2.45, 2.75) is 0 Å². The van der Waals surface area contributed by atoms with E-state index in [4.69, 9.17) is 0 Å². The zero-order valence-electron chi connectivity index (χ0n) is 6.35. The first kappa shape index (κ1) is 10.6. The van der Waals surface area contributed by atoms with E-state index in [2.05, 4.69) is 9.05 Å². The van der Waals surface area contributed by atoms with E-state index < -0.39 is 19.1 Å². The summed E-state index contributed by atoms with van der Waals surface area (Å²) < 4.78 is 20.0. The van der Waals surface area contributed by atoms with Gasteiger partial charge >= 0.3 is 7.60 Å². The maximum atomic E-state index is 11.1. The average molecular weight is 183 g/mol. The van der Waals surface area contributed by atoms with Gasteiger partial charge in [-0.15, -0.1) is 0 Å². The Bertz CT molecular complexity index is 173. The van der Waals surface area contributed by atoms with Crippen molar-refractivity contribution in [2.75, 3.05) is 26.9 Å². The average Bonchev–Trinajstić information content (AvgIpc) is 2.00. The van der Waals surface area contributed by atoms with Gasteiger partial charge in [-0.05, 0) is 0 Å². The Kier molecular flexibility index (Phi) is 4.25. The molecule has 0 heterocycles. The summed E-state index contributed by atoms with van der Waals surface area (Å²) in [6.45, 7) is -0.404. The molecule has 0 amide bonds. The minimum Gasteiger partial charge on any atom is -0.312 e. The van der Waals surface area contributed by atoms with E-state index in [-0.39, 0.29) is 6.16 Å². The lowest BCUT2D eigenvalue weighted by atomic mass is 10.8. The van der Waals surface area contributed by atoms with Gasteiger partial charge in [0, 0.05) is 19.1 Å². The van der Waals surface area contributed by atoms with Gasteiger partial charge in [0.15, 0.2) is 0 Å². The topological polar surface area (TPSA) is 78.7 Å². The molecule has 0 aliphatic carbocycles. The van der Waals surface area contributed by atoms with Gasteiger partial charge in [0.2, 0.25) is 6.54 Å². The lowest BCUT2D eigenvalue weighted by Gasteiger charge is -2.09. The largest absolute Gasteiger partial charge is 0.336 e. The summed E-state index contributed by atoms with van der Waals surface area (Å²) in [4.78, 5) is 9.29. The van der Waals surface area contributed by atoms with Crippen molar-refractivity contribution in [1.82, 2.24) is 0 Å². The van der Waals surface area contributed by atoms with Crippen molar-refractivity contribution in [1.29, 1.82) is 0 Å². The first-order valence-corrected chi connectivity index (χ1v) is 4.59. The number of hydrogen-bond acceptors (Lipinski definition) is 5. The van der Waals surface area contributed by atoms with Gasteiger partial charge in [0.1, 0.15) is 6.16 Å². The summed E-state index contributed by atoms with van der Waals surface area (Å²) in [5.41, 5.74) is 0. The Hall–Kier alpha value is -0.450. The highest BCUT2D eigenvalue weighted by Gasteiger charge is 2.23. The van der Waals surface area contributed by atoms with Crippen LogP contribution in [0.4, 0.5) is 0 Å². The number of nitro groups is 1. The number of nitrogens with zero attached hydrogens (tertiary/aromatic N) is 1. The van der Waals surface area contributed by atoms with Crippen LogP contribution < -0.4 is 0 Å². The molecule has 6 nitrogen and oxygen atoms in total. The van der Waals surface area contributed by atoms with Crippen LogP contribution in [0, 0.1) is 10.1 Å². The molecule has 0 fully saturated rings. The van der Waals surface area contributed by atoms with Crippen LogP contribution in [-0.2, 0) is 13.6 Å². The van der Waals surface area contributed by atoms with E-state index >= 15 is 0 Å². The quantitative estimate of drug-likeness (QED) is 0.357. The van der Waals surface area contributed by atoms with Crippen LogP contribution in [0.5, 0.6) is 0 Å². The summed E-state index contributed by atoms with van der Waals surface area (Å²) in [6.07, 6.45) is -0.188. The fraction of sp³-hybridized carbons (Fsp3) is 1.00. The van der Waals surface area contributed by atoms with Crippen LogP contribution >= 0.6 is 7.60 Å². The standard InChI is InChI=1S/C4H10NO5P/c1-9-11(8,10-2)4-3-5(6)7/h3-4H2,1-2H3. The monoisotopic (exact) mass is 183 g/mol. The van der Waals surface area contributed by atoms with Crippen LogP contribution in [0.25, 0.3) is 0 Å². The van der Waals surface area contributed by atoms with Gasteiger partial charge in [-0.1, -0.05) is 0 Å². The second-order valence-corrected chi connectivity index (χ2v) is 4.16. The minimum atomic E-state index is -3.18. The molecule has 11 heavy (non-hydrogen) atoms. The molecule has 66 valence electrons. The molecular weight excluding hydrogens is 173 g/mol. The highest BCUT2D eigenvalue weighted by atomic mass is 31.2. The smallest absolute Gasteiger partial charge is 0.312 e. The van der Waals surface area contributed by atoms with Gasteiger partial charge in [-0.2, -0.15) is 0 Å². The van der Waals surface area contributed by atoms with E-state index in [1.807, 2.05) is 0 Å². The van der Waals surface area contributed by atoms with Crippen molar-refractivity contribution in [3.8, 4) is 0 Å². The van der Waals surface area contributed by atoms with Crippen LogP contribution in [0.2, 0.25) is 0 Å². The summed E-state index contributed by atoms with van der Waals surface area (Å²) in [5.74, 6) is 0. The fourth-order valence-corrected chi connectivity index (χ4v) is 1.38. The molecule has 0 aliphatic rings. The molecule has 0 N–H and O–H groups in total. The van der Waals surface area contributed by atoms with Crippen LogP contribution in [0.3, 0.4) is 0 Å². The van der Waals surface area contributed by atoms with E-state index in [0.29, 0.717) is 0 Å². The van der Waals surface area contributed by atoms with Gasteiger partial charge in [-0.3, -0.25) is 14.7 Å². The molecule has 0 aliphatic heterocycles. The summed E-state index contributed by atoms with van der Waals surface area (Å²) in [5, 5.41) is 9.85. The second-order valence-electron chi connectivity index (χ2n) is 1.76. The fourth-order valence-electron chi connectivity index (χ4n) is 0.461. The van der Waals surface area contributed by atoms with Crippen molar-refractivity contribution in [3.05, 3.63) is 10.1 Å². The Morgan fingerprint density at radius 2 is 1.91 bits per heavy atom. The molecule has 0 saturated carbocycles. The summed E-state index contributed by atoms with van der Waals surface area (Å²) in [6, 6.07) is 0. The lowest BCUT2D eigenvalue weighted by Crippen LogP contribution is -2.07. The SMILES string of the molecule is COP(=O)(CC[N+](=O)[O-])OC. The molecule has 0 aromatic heterocycles. The molecule has 0 bridgehead atoms. The normalized spacial score (nSPS) is 11.5. The van der Waals surface area contributed by atoms with E-state index in [9.17, 15) is 14.7 Å². The van der Waals surface area contributed by atoms with Gasteiger partial charge in [0.05, 0.1) is 0 Å². The molecule has 0 atom stereocenters. The first-order valence-electron chi connectivity index (χ1n) is 2.86. The second kappa shape index (κ2) is 4.43. The van der Waals surface area contributed by atoms with Crippen molar-refractivity contribution >= 4 is 7.60 Å². The van der Waals surface area contributed by atoms with Crippen LogP contribution in [-0.4, -0.2) is 31.8 Å².